The molecule has 0 nitrogen and oxygen atoms in total. The molecule has 0 amide bonds. The number of hydrogen-bond acceptors (Lipinski definition) is 0. The van der Waals surface area contributed by atoms with Gasteiger partial charge >= 0.3 is 152 Å². The first kappa shape index (κ1) is 25.5. The first-order valence-electron chi connectivity index (χ1n) is 8.24. The Hall–Kier alpha value is -0.496. The van der Waals surface area contributed by atoms with Crippen LogP contribution >= 0.6 is 0 Å². The Balaban J connectivity index is 0.00000208. The average Bonchev–Trinajstić information content (AvgIpc) is 2.91. The van der Waals surface area contributed by atoms with Gasteiger partial charge in [-0.3, -0.25) is 0 Å². The summed E-state index contributed by atoms with van der Waals surface area (Å²) in [5.74, 6) is 0.348. The van der Waals surface area contributed by atoms with Crippen molar-refractivity contribution in [3.8, 4) is 0 Å². The number of allylic oxidation sites excluding steroid dienone is 4. The quantitative estimate of drug-likeness (QED) is 0.446. The maximum atomic E-state index is 2.40. The van der Waals surface area contributed by atoms with Crippen molar-refractivity contribution in [2.45, 2.75) is 33.1 Å². The van der Waals surface area contributed by atoms with Crippen LogP contribution in [0.4, 0.5) is 0 Å². The van der Waals surface area contributed by atoms with Gasteiger partial charge in [0.2, 0.25) is 0 Å². The van der Waals surface area contributed by atoms with Crippen LogP contribution in [-0.4, -0.2) is 0 Å². The summed E-state index contributed by atoms with van der Waals surface area (Å²) >= 11 is 2.26. The van der Waals surface area contributed by atoms with E-state index in [0.29, 0.717) is 5.92 Å². The summed E-state index contributed by atoms with van der Waals surface area (Å²) in [5, 5.41) is 0. The molecule has 0 unspecified atom stereocenters. The Bertz CT molecular complexity index is 704. The van der Waals surface area contributed by atoms with Crippen LogP contribution in [-0.2, 0) is 20.4 Å². The molecule has 0 atom stereocenters. The fourth-order valence-electron chi connectivity index (χ4n) is 3.62. The minimum absolute atomic E-state index is 0. The van der Waals surface area contributed by atoms with Crippen LogP contribution < -0.4 is 37.2 Å². The molecule has 0 bridgehead atoms. The van der Waals surface area contributed by atoms with Gasteiger partial charge in [0, 0.05) is 0 Å². The van der Waals surface area contributed by atoms with Gasteiger partial charge < -0.3 is 37.2 Å². The monoisotopic (exact) mass is 440 g/mol. The largest absolute Gasteiger partial charge is 1.00 e. The van der Waals surface area contributed by atoms with Crippen molar-refractivity contribution in [3.63, 3.8) is 0 Å². The zero-order valence-corrected chi connectivity index (χ0v) is 19.1. The van der Waals surface area contributed by atoms with Gasteiger partial charge in [0.1, 0.15) is 0 Å². The van der Waals surface area contributed by atoms with Gasteiger partial charge in [-0.2, -0.15) is 0 Å². The first-order chi connectivity index (χ1) is 11.0. The van der Waals surface area contributed by atoms with E-state index in [1.54, 1.807) is 5.57 Å². The minimum atomic E-state index is 0. The molecule has 0 N–H and O–H groups in total. The van der Waals surface area contributed by atoms with E-state index < -0.39 is 0 Å². The summed E-state index contributed by atoms with van der Waals surface area (Å²) in [6.45, 7) is 6.99. The van der Waals surface area contributed by atoms with Crippen LogP contribution in [0.25, 0.3) is 0 Å². The van der Waals surface area contributed by atoms with Crippen molar-refractivity contribution in [2.75, 3.05) is 0 Å². The summed E-state index contributed by atoms with van der Waals surface area (Å²) in [6, 6.07) is 21.9. The van der Waals surface area contributed by atoms with Crippen LogP contribution in [0.2, 0.25) is 0 Å². The third-order valence-corrected chi connectivity index (χ3v) is 5.19. The predicted molar refractivity (Wildman–Crippen MR) is 93.9 cm³/mol. The molecule has 26 heavy (non-hydrogen) atoms. The molecule has 0 aromatic heterocycles. The van der Waals surface area contributed by atoms with E-state index in [1.807, 2.05) is 0 Å². The molecule has 0 aliphatic heterocycles. The molecular formula is C22H23Cl3Ti. The third-order valence-electron chi connectivity index (χ3n) is 4.48. The summed E-state index contributed by atoms with van der Waals surface area (Å²) in [5.41, 5.74) is 6.05. The normalized spacial score (nSPS) is 13.5. The van der Waals surface area contributed by atoms with Gasteiger partial charge in [0.05, 0.1) is 0 Å². The van der Waals surface area contributed by atoms with Crippen molar-refractivity contribution in [1.82, 2.24) is 0 Å². The molecule has 0 saturated heterocycles. The molecule has 0 spiro atoms. The average molecular weight is 442 g/mol. The molecule has 0 radical (unpaired) electrons. The van der Waals surface area contributed by atoms with Crippen LogP contribution in [0.15, 0.2) is 81.8 Å². The Kier molecular flexibility index (Phi) is 10.5. The summed E-state index contributed by atoms with van der Waals surface area (Å²) in [7, 11) is 0. The molecular weight excluding hydrogens is 418 g/mol. The molecule has 0 fully saturated rings. The van der Waals surface area contributed by atoms with Crippen molar-refractivity contribution < 1.29 is 57.7 Å². The van der Waals surface area contributed by atoms with Crippen molar-refractivity contribution in [1.29, 1.82) is 0 Å². The minimum Gasteiger partial charge on any atom is -1.00 e. The van der Waals surface area contributed by atoms with E-state index >= 15 is 0 Å². The fourth-order valence-corrected chi connectivity index (χ4v) is 4.62. The second-order valence-electron chi connectivity index (χ2n) is 7.23. The number of benzene rings is 2. The maximum Gasteiger partial charge on any atom is -1.00 e. The molecule has 1 aliphatic rings. The van der Waals surface area contributed by atoms with E-state index in [-0.39, 0.29) is 42.6 Å². The molecule has 2 aromatic carbocycles. The zero-order valence-electron chi connectivity index (χ0n) is 15.3. The number of hydrogen-bond donors (Lipinski definition) is 0. The van der Waals surface area contributed by atoms with Crippen molar-refractivity contribution in [3.05, 3.63) is 92.9 Å². The van der Waals surface area contributed by atoms with Crippen LogP contribution in [0.3, 0.4) is 0 Å². The van der Waals surface area contributed by atoms with Gasteiger partial charge in [-0.15, -0.1) is 0 Å². The zero-order chi connectivity index (χ0) is 16.4. The number of rotatable bonds is 3. The summed E-state index contributed by atoms with van der Waals surface area (Å²) < 4.78 is 1.45. The van der Waals surface area contributed by atoms with Gasteiger partial charge in [0.25, 0.3) is 0 Å². The Morgan fingerprint density at radius 1 is 0.769 bits per heavy atom. The molecule has 136 valence electrons. The van der Waals surface area contributed by atoms with E-state index in [1.165, 1.54) is 20.6 Å². The molecule has 1 aliphatic carbocycles. The van der Waals surface area contributed by atoms with Gasteiger partial charge in [-0.25, -0.2) is 0 Å². The van der Waals surface area contributed by atoms with Crippen LogP contribution in [0.5, 0.6) is 0 Å². The van der Waals surface area contributed by atoms with Crippen molar-refractivity contribution >= 4 is 0 Å². The molecule has 0 heterocycles. The fraction of sp³-hybridized carbons (Fsp3) is 0.273. The SMILES string of the molecule is CC(C)(C)C1=C(C(c2ccccc2)c2ccccc2)CC=[C]1[Ti+3].[Cl-].[Cl-].[Cl-]. The third kappa shape index (κ3) is 5.50. The molecule has 4 heteroatoms. The van der Waals surface area contributed by atoms with Crippen LogP contribution in [0, 0.1) is 5.41 Å². The predicted octanol–water partition coefficient (Wildman–Crippen LogP) is -2.99. The standard InChI is InChI=1S/C22H23.3ClH.Ti/c1-22(2,3)20-16-10-15-19(20)21(17-11-6-4-7-12-17)18-13-8-5-9-14-18;;;;/h4-14,21H,15H2,1-3H3;3*1H;/q;;;;+3/p-3. The summed E-state index contributed by atoms with van der Waals surface area (Å²) in [4.78, 5) is 0. The van der Waals surface area contributed by atoms with E-state index in [4.69, 9.17) is 0 Å². The number of halogens is 3. The Labute approximate surface area is 188 Å². The van der Waals surface area contributed by atoms with E-state index in [9.17, 15) is 0 Å². The molecule has 2 aromatic rings. The van der Waals surface area contributed by atoms with E-state index in [2.05, 4.69) is 108 Å². The smallest absolute Gasteiger partial charge is 1.00 e. The van der Waals surface area contributed by atoms with Gasteiger partial charge in [0.15, 0.2) is 0 Å². The Morgan fingerprint density at radius 2 is 1.19 bits per heavy atom. The molecule has 0 saturated carbocycles. The van der Waals surface area contributed by atoms with Gasteiger partial charge in [-0.05, 0) is 0 Å². The second kappa shape index (κ2) is 10.7. The topological polar surface area (TPSA) is 0 Å². The second-order valence-corrected chi connectivity index (χ2v) is 8.07. The van der Waals surface area contributed by atoms with Crippen LogP contribution in [0.1, 0.15) is 44.2 Å². The van der Waals surface area contributed by atoms with E-state index in [0.717, 1.165) is 6.42 Å². The Morgan fingerprint density at radius 3 is 1.58 bits per heavy atom. The first-order valence-corrected chi connectivity index (χ1v) is 9.02. The van der Waals surface area contributed by atoms with Crippen molar-refractivity contribution in [2.24, 2.45) is 5.41 Å². The maximum absolute atomic E-state index is 2.40. The summed E-state index contributed by atoms with van der Waals surface area (Å²) in [6.07, 6.45) is 3.46. The molecule has 3 rings (SSSR count). The van der Waals surface area contributed by atoms with Gasteiger partial charge in [-0.1, -0.05) is 0 Å².